The SMILES string of the molecule is CCc1ccc(/C=C2\SC(=O)N(CCCCCNC(=O)c3ccc(Nc4ccc([N+](=O)[O-])c5nonc45)cc3)C2=O)cc1. The molecular weight excluding hydrogens is 572 g/mol. The lowest BCUT2D eigenvalue weighted by atomic mass is 10.1. The lowest BCUT2D eigenvalue weighted by Crippen LogP contribution is -2.29. The summed E-state index contributed by atoms with van der Waals surface area (Å²) >= 11 is 0.962. The third-order valence-corrected chi connectivity index (χ3v) is 7.83. The van der Waals surface area contributed by atoms with Crippen LogP contribution in [-0.2, 0) is 11.2 Å². The number of amides is 3. The number of unbranched alkanes of at least 4 members (excludes halogenated alkanes) is 2. The van der Waals surface area contributed by atoms with Crippen molar-refractivity contribution in [1.29, 1.82) is 0 Å². The highest BCUT2D eigenvalue weighted by Gasteiger charge is 2.34. The van der Waals surface area contributed by atoms with E-state index in [0.29, 0.717) is 47.8 Å². The minimum Gasteiger partial charge on any atom is -0.354 e. The van der Waals surface area contributed by atoms with Gasteiger partial charge in [-0.2, -0.15) is 0 Å². The molecule has 0 atom stereocenters. The first-order valence-corrected chi connectivity index (χ1v) is 14.5. The molecule has 0 spiro atoms. The second kappa shape index (κ2) is 13.3. The Morgan fingerprint density at radius 1 is 1.00 bits per heavy atom. The normalized spacial score (nSPS) is 14.1. The quantitative estimate of drug-likeness (QED) is 0.0845. The molecule has 3 amide bonds. The molecule has 0 aliphatic carbocycles. The number of carbonyl (C=O) groups is 3. The number of aryl methyl sites for hydroxylation is 1. The molecule has 12 nitrogen and oxygen atoms in total. The summed E-state index contributed by atoms with van der Waals surface area (Å²) in [4.78, 5) is 50.0. The molecule has 1 aliphatic heterocycles. The molecule has 220 valence electrons. The molecule has 1 aliphatic rings. The maximum absolute atomic E-state index is 12.7. The summed E-state index contributed by atoms with van der Waals surface area (Å²) in [6.07, 6.45) is 4.77. The predicted molar refractivity (Wildman–Crippen MR) is 163 cm³/mol. The molecule has 5 rings (SSSR count). The number of nitro benzene ring substituents is 1. The van der Waals surface area contributed by atoms with Gasteiger partial charge in [-0.25, -0.2) is 4.63 Å². The predicted octanol–water partition coefficient (Wildman–Crippen LogP) is 6.07. The lowest BCUT2D eigenvalue weighted by molar-refractivity contribution is -0.383. The van der Waals surface area contributed by atoms with E-state index in [1.54, 1.807) is 30.3 Å². The molecule has 1 saturated heterocycles. The zero-order chi connectivity index (χ0) is 30.3. The van der Waals surface area contributed by atoms with E-state index >= 15 is 0 Å². The summed E-state index contributed by atoms with van der Waals surface area (Å²) in [5, 5.41) is 24.3. The highest BCUT2D eigenvalue weighted by molar-refractivity contribution is 8.18. The number of nitrogens with one attached hydrogen (secondary N) is 2. The van der Waals surface area contributed by atoms with Crippen molar-refractivity contribution in [2.24, 2.45) is 0 Å². The van der Waals surface area contributed by atoms with Gasteiger partial charge >= 0.3 is 5.69 Å². The minimum absolute atomic E-state index is 0.0404. The van der Waals surface area contributed by atoms with Gasteiger partial charge in [-0.3, -0.25) is 29.4 Å². The monoisotopic (exact) mass is 600 g/mol. The first kappa shape index (κ1) is 29.5. The molecule has 0 saturated carbocycles. The summed E-state index contributed by atoms with van der Waals surface area (Å²) in [6, 6.07) is 17.5. The van der Waals surface area contributed by atoms with Gasteiger partial charge in [0.25, 0.3) is 17.1 Å². The van der Waals surface area contributed by atoms with Crippen molar-refractivity contribution in [1.82, 2.24) is 20.5 Å². The van der Waals surface area contributed by atoms with Crippen LogP contribution in [0.2, 0.25) is 0 Å². The van der Waals surface area contributed by atoms with E-state index in [0.717, 1.165) is 30.2 Å². The average molecular weight is 601 g/mol. The van der Waals surface area contributed by atoms with Crippen molar-refractivity contribution in [2.45, 2.75) is 32.6 Å². The zero-order valence-electron chi connectivity index (χ0n) is 23.2. The van der Waals surface area contributed by atoms with Crippen LogP contribution >= 0.6 is 11.8 Å². The first-order valence-electron chi connectivity index (χ1n) is 13.7. The van der Waals surface area contributed by atoms with E-state index in [-0.39, 0.29) is 33.8 Å². The Morgan fingerprint density at radius 2 is 1.74 bits per heavy atom. The van der Waals surface area contributed by atoms with Crippen LogP contribution in [-0.4, -0.2) is 50.3 Å². The van der Waals surface area contributed by atoms with Crippen molar-refractivity contribution in [3.8, 4) is 0 Å². The number of nitro groups is 1. The van der Waals surface area contributed by atoms with Crippen LogP contribution in [0.5, 0.6) is 0 Å². The number of nitrogens with zero attached hydrogens (tertiary/aromatic N) is 4. The summed E-state index contributed by atoms with van der Waals surface area (Å²) < 4.78 is 4.68. The minimum atomic E-state index is -0.556. The number of hydrogen-bond donors (Lipinski definition) is 2. The van der Waals surface area contributed by atoms with Crippen molar-refractivity contribution < 1.29 is 23.9 Å². The third kappa shape index (κ3) is 6.89. The highest BCUT2D eigenvalue weighted by atomic mass is 32.2. The molecule has 13 heteroatoms. The van der Waals surface area contributed by atoms with Crippen LogP contribution in [0.15, 0.2) is 70.2 Å². The van der Waals surface area contributed by atoms with E-state index in [2.05, 4.69) is 32.5 Å². The highest BCUT2D eigenvalue weighted by Crippen LogP contribution is 2.33. The van der Waals surface area contributed by atoms with Crippen molar-refractivity contribution in [3.63, 3.8) is 0 Å². The van der Waals surface area contributed by atoms with Crippen LogP contribution in [0.1, 0.15) is 47.7 Å². The standard InChI is InChI=1S/C30H28N6O6S/c1-2-19-6-8-20(9-7-19)18-25-29(38)35(30(39)43-25)17-5-3-4-16-31-28(37)21-10-12-22(13-11-21)32-23-14-15-24(36(40)41)27-26(23)33-42-34-27/h6-15,18,32H,2-5,16-17H2,1H3,(H,31,37)/b25-18-. The number of carbonyl (C=O) groups excluding carboxylic acids is 3. The average Bonchev–Trinajstić information content (AvgIpc) is 3.60. The van der Waals surface area contributed by atoms with Crippen molar-refractivity contribution >= 4 is 63.0 Å². The number of non-ortho nitro benzene ring substituents is 1. The molecule has 3 aromatic carbocycles. The van der Waals surface area contributed by atoms with Gasteiger partial charge in [0.2, 0.25) is 5.52 Å². The Labute approximate surface area is 250 Å². The molecule has 0 radical (unpaired) electrons. The largest absolute Gasteiger partial charge is 0.354 e. The van der Waals surface area contributed by atoms with Crippen LogP contribution in [0.4, 0.5) is 21.9 Å². The van der Waals surface area contributed by atoms with Gasteiger partial charge in [0.15, 0.2) is 5.52 Å². The molecule has 2 heterocycles. The van der Waals surface area contributed by atoms with Gasteiger partial charge in [-0.15, -0.1) is 0 Å². The van der Waals surface area contributed by atoms with Crippen LogP contribution < -0.4 is 10.6 Å². The fourth-order valence-corrected chi connectivity index (χ4v) is 5.40. The van der Waals surface area contributed by atoms with Gasteiger partial charge in [0, 0.05) is 30.4 Å². The number of imide groups is 1. The molecule has 0 bridgehead atoms. The summed E-state index contributed by atoms with van der Waals surface area (Å²) in [5.74, 6) is -0.496. The van der Waals surface area contributed by atoms with Gasteiger partial charge in [0.1, 0.15) is 0 Å². The number of aromatic nitrogens is 2. The Balaban J connectivity index is 1.05. The molecule has 0 unspecified atom stereocenters. The summed E-state index contributed by atoms with van der Waals surface area (Å²) in [7, 11) is 0. The number of fused-ring (bicyclic) bond motifs is 1. The van der Waals surface area contributed by atoms with Gasteiger partial charge < -0.3 is 10.6 Å². The van der Waals surface area contributed by atoms with E-state index < -0.39 is 4.92 Å². The topological polar surface area (TPSA) is 161 Å². The fraction of sp³-hybridized carbons (Fsp3) is 0.233. The zero-order valence-corrected chi connectivity index (χ0v) is 24.1. The van der Waals surface area contributed by atoms with Gasteiger partial charge in [0.05, 0.1) is 15.5 Å². The second-order valence-electron chi connectivity index (χ2n) is 9.80. The Bertz CT molecular complexity index is 1700. The Hall–Kier alpha value is -5.04. The van der Waals surface area contributed by atoms with E-state index in [4.69, 9.17) is 0 Å². The summed E-state index contributed by atoms with van der Waals surface area (Å²) in [5.41, 5.74) is 3.75. The van der Waals surface area contributed by atoms with Crippen LogP contribution in [0.25, 0.3) is 17.1 Å². The lowest BCUT2D eigenvalue weighted by Gasteiger charge is -2.12. The molecule has 4 aromatic rings. The van der Waals surface area contributed by atoms with E-state index in [9.17, 15) is 24.5 Å². The van der Waals surface area contributed by atoms with Gasteiger partial charge in [-0.1, -0.05) is 31.2 Å². The number of rotatable bonds is 12. The number of anilines is 2. The number of thioether (sulfide) groups is 1. The Kier molecular flexibility index (Phi) is 9.11. The van der Waals surface area contributed by atoms with E-state index in [1.165, 1.54) is 22.6 Å². The summed E-state index contributed by atoms with van der Waals surface area (Å²) in [6.45, 7) is 2.87. The second-order valence-corrected chi connectivity index (χ2v) is 10.8. The fourth-order valence-electron chi connectivity index (χ4n) is 4.53. The molecule has 2 N–H and O–H groups in total. The third-order valence-electron chi connectivity index (χ3n) is 6.92. The molecular formula is C30H28N6O6S. The van der Waals surface area contributed by atoms with Crippen molar-refractivity contribution in [3.05, 3.63) is 92.4 Å². The number of hydrogen-bond acceptors (Lipinski definition) is 10. The number of benzene rings is 3. The van der Waals surface area contributed by atoms with Crippen LogP contribution in [0.3, 0.4) is 0 Å². The molecule has 43 heavy (non-hydrogen) atoms. The van der Waals surface area contributed by atoms with E-state index in [1.807, 2.05) is 24.3 Å². The maximum atomic E-state index is 12.7. The van der Waals surface area contributed by atoms with Crippen molar-refractivity contribution in [2.75, 3.05) is 18.4 Å². The first-order chi connectivity index (χ1) is 20.8. The van der Waals surface area contributed by atoms with Crippen LogP contribution in [0, 0.1) is 10.1 Å². The Morgan fingerprint density at radius 3 is 2.47 bits per heavy atom. The molecule has 1 fully saturated rings. The molecule has 1 aromatic heterocycles. The maximum Gasteiger partial charge on any atom is 0.300 e. The van der Waals surface area contributed by atoms with Gasteiger partial charge in [-0.05, 0) is 95.3 Å². The smallest absolute Gasteiger partial charge is 0.300 e.